The minimum atomic E-state index is -3.79. The molecule has 0 atom stereocenters. The number of aromatic nitrogens is 2. The summed E-state index contributed by atoms with van der Waals surface area (Å²) in [6, 6.07) is 10.2. The van der Waals surface area contributed by atoms with Crippen LogP contribution in [0, 0.1) is 0 Å². The van der Waals surface area contributed by atoms with Gasteiger partial charge in [0.15, 0.2) is 0 Å². The van der Waals surface area contributed by atoms with Crippen molar-refractivity contribution in [1.82, 2.24) is 9.78 Å². The van der Waals surface area contributed by atoms with E-state index in [9.17, 15) is 17.2 Å². The monoisotopic (exact) mass is 365 g/mol. The molecule has 0 unspecified atom stereocenters. The number of hydrogen-bond donors (Lipinski definition) is 1. The molecular weight excluding hydrogens is 348 g/mol. The fourth-order valence-corrected chi connectivity index (χ4v) is 2.43. The predicted molar refractivity (Wildman–Crippen MR) is 94.0 cm³/mol. The van der Waals surface area contributed by atoms with Crippen molar-refractivity contribution in [2.45, 2.75) is 13.3 Å². The van der Waals surface area contributed by atoms with Crippen LogP contribution in [0.15, 0.2) is 66.1 Å². The maximum Gasteiger partial charge on any atom is 0.282 e. The summed E-state index contributed by atoms with van der Waals surface area (Å²) in [4.78, 5) is 0. The molecule has 0 amide bonds. The minimum Gasteiger partial charge on any atom is -0.233 e. The van der Waals surface area contributed by atoms with E-state index in [1.807, 2.05) is 6.07 Å². The van der Waals surface area contributed by atoms with E-state index in [1.165, 1.54) is 22.9 Å². The van der Waals surface area contributed by atoms with Gasteiger partial charge in [-0.3, -0.25) is 0 Å². The molecule has 0 spiro atoms. The Balaban J connectivity index is 2.60. The quantitative estimate of drug-likeness (QED) is 0.793. The highest BCUT2D eigenvalue weighted by Crippen LogP contribution is 2.28. The van der Waals surface area contributed by atoms with Crippen molar-refractivity contribution in [2.24, 2.45) is 5.14 Å². The Morgan fingerprint density at radius 2 is 1.96 bits per heavy atom. The highest BCUT2D eigenvalue weighted by molar-refractivity contribution is 7.92. The number of rotatable bonds is 6. The van der Waals surface area contributed by atoms with E-state index < -0.39 is 16.4 Å². The highest BCUT2D eigenvalue weighted by atomic mass is 32.2. The van der Waals surface area contributed by atoms with Crippen LogP contribution < -0.4 is 5.14 Å². The van der Waals surface area contributed by atoms with E-state index in [0.29, 0.717) is 17.0 Å². The van der Waals surface area contributed by atoms with Gasteiger partial charge in [-0.2, -0.15) is 5.10 Å². The third kappa shape index (κ3) is 5.20. The summed E-state index contributed by atoms with van der Waals surface area (Å²) in [5, 5.41) is 9.68. The normalized spacial score (nSPS) is 13.4. The molecular formula is C17H17F2N3O2S. The van der Waals surface area contributed by atoms with Crippen molar-refractivity contribution in [3.63, 3.8) is 0 Å². The first-order valence-electron chi connectivity index (χ1n) is 7.29. The van der Waals surface area contributed by atoms with E-state index in [2.05, 4.69) is 5.10 Å². The number of nitrogens with two attached hydrogens (primary N) is 1. The Kier molecular flexibility index (Phi) is 6.00. The number of alkyl halides is 2. The maximum absolute atomic E-state index is 13.1. The lowest BCUT2D eigenvalue weighted by molar-refractivity contribution is 0.145. The fraction of sp³-hybridized carbons (Fsp3) is 0.118. The number of hydrogen-bond acceptors (Lipinski definition) is 3. The third-order valence-corrected chi connectivity index (χ3v) is 3.68. The Hall–Kier alpha value is -2.58. The molecule has 1 aromatic carbocycles. The zero-order chi connectivity index (χ0) is 18.4. The number of nitrogens with zero attached hydrogens (tertiary/aromatic N) is 2. The first kappa shape index (κ1) is 18.8. The van der Waals surface area contributed by atoms with E-state index in [4.69, 9.17) is 5.14 Å². The van der Waals surface area contributed by atoms with Crippen LogP contribution in [-0.4, -0.2) is 18.2 Å². The van der Waals surface area contributed by atoms with Gasteiger partial charge in [0.25, 0.3) is 6.43 Å². The average molecular weight is 365 g/mol. The van der Waals surface area contributed by atoms with Crippen LogP contribution in [0.1, 0.15) is 19.0 Å². The lowest BCUT2D eigenvalue weighted by Gasteiger charge is -2.08. The van der Waals surface area contributed by atoms with Crippen molar-refractivity contribution >= 4 is 15.7 Å². The molecule has 25 heavy (non-hydrogen) atoms. The zero-order valence-electron chi connectivity index (χ0n) is 13.4. The van der Waals surface area contributed by atoms with Crippen LogP contribution in [0.5, 0.6) is 0 Å². The van der Waals surface area contributed by atoms with Crippen molar-refractivity contribution in [3.8, 4) is 11.3 Å². The summed E-state index contributed by atoms with van der Waals surface area (Å²) < 4.78 is 49.6. The van der Waals surface area contributed by atoms with Gasteiger partial charge in [-0.15, -0.1) is 0 Å². The van der Waals surface area contributed by atoms with E-state index in [0.717, 1.165) is 5.41 Å². The van der Waals surface area contributed by atoms with Gasteiger partial charge >= 0.3 is 0 Å². The molecule has 2 rings (SSSR count). The molecule has 0 aliphatic heterocycles. The molecule has 1 aromatic heterocycles. The first-order valence-corrected chi connectivity index (χ1v) is 8.90. The molecule has 0 saturated carbocycles. The average Bonchev–Trinajstić information content (AvgIpc) is 2.99. The molecule has 1 heterocycles. The predicted octanol–water partition coefficient (Wildman–Crippen LogP) is 3.71. The Bertz CT molecular complexity index is 915. The number of halogens is 2. The SMILES string of the molecule is C\C=C/C(=C\C=C\S(N)(=O)=O)n1nc(C(F)F)cc1-c1ccccc1. The number of primary sulfonamides is 1. The highest BCUT2D eigenvalue weighted by Gasteiger charge is 2.17. The lowest BCUT2D eigenvalue weighted by Crippen LogP contribution is -2.06. The summed E-state index contributed by atoms with van der Waals surface area (Å²) in [5.41, 5.74) is 1.20. The molecule has 2 aromatic rings. The van der Waals surface area contributed by atoms with Gasteiger partial charge in [0.1, 0.15) is 5.69 Å². The minimum absolute atomic E-state index is 0.371. The second kappa shape index (κ2) is 8.00. The topological polar surface area (TPSA) is 78.0 Å². The summed E-state index contributed by atoms with van der Waals surface area (Å²) in [7, 11) is -3.79. The second-order valence-corrected chi connectivity index (χ2v) is 6.49. The Morgan fingerprint density at radius 3 is 2.52 bits per heavy atom. The van der Waals surface area contributed by atoms with Crippen molar-refractivity contribution in [2.75, 3.05) is 0 Å². The number of benzene rings is 1. The molecule has 0 saturated heterocycles. The third-order valence-electron chi connectivity index (χ3n) is 3.14. The van der Waals surface area contributed by atoms with Crippen LogP contribution in [0.4, 0.5) is 8.78 Å². The van der Waals surface area contributed by atoms with Crippen molar-refractivity contribution < 1.29 is 17.2 Å². The molecule has 8 heteroatoms. The number of allylic oxidation sites excluding steroid dienone is 5. The van der Waals surface area contributed by atoms with Crippen LogP contribution in [0.25, 0.3) is 17.0 Å². The Morgan fingerprint density at radius 1 is 1.28 bits per heavy atom. The van der Waals surface area contributed by atoms with Gasteiger partial charge in [-0.1, -0.05) is 36.4 Å². The summed E-state index contributed by atoms with van der Waals surface area (Å²) in [6.07, 6.45) is 3.25. The van der Waals surface area contributed by atoms with Crippen LogP contribution in [0.2, 0.25) is 0 Å². The molecule has 0 radical (unpaired) electrons. The molecule has 0 fully saturated rings. The van der Waals surface area contributed by atoms with Crippen molar-refractivity contribution in [1.29, 1.82) is 0 Å². The molecule has 0 bridgehead atoms. The summed E-state index contributed by atoms with van der Waals surface area (Å²) in [6.45, 7) is 1.75. The van der Waals surface area contributed by atoms with E-state index in [1.54, 1.807) is 43.3 Å². The zero-order valence-corrected chi connectivity index (χ0v) is 14.2. The summed E-state index contributed by atoms with van der Waals surface area (Å²) in [5.74, 6) is 0. The molecule has 2 N–H and O–H groups in total. The van der Waals surface area contributed by atoms with Crippen LogP contribution in [-0.2, 0) is 10.0 Å². The standard InChI is InChI=1S/C17H17F2N3O2S/c1-2-7-14(10-6-11-25(20,23)24)22-16(12-15(21-22)17(18)19)13-8-4-3-5-9-13/h2-12,17H,1H3,(H2,20,23,24)/b7-2-,11-6+,14-10+. The smallest absolute Gasteiger partial charge is 0.233 e. The number of sulfonamides is 1. The molecule has 0 aliphatic carbocycles. The van der Waals surface area contributed by atoms with Crippen LogP contribution >= 0.6 is 0 Å². The second-order valence-electron chi connectivity index (χ2n) is 5.04. The molecule has 132 valence electrons. The fourth-order valence-electron chi connectivity index (χ4n) is 2.13. The lowest BCUT2D eigenvalue weighted by atomic mass is 10.1. The van der Waals surface area contributed by atoms with Gasteiger partial charge < -0.3 is 0 Å². The van der Waals surface area contributed by atoms with Gasteiger partial charge in [-0.25, -0.2) is 27.0 Å². The van der Waals surface area contributed by atoms with Gasteiger partial charge in [0.2, 0.25) is 10.0 Å². The van der Waals surface area contributed by atoms with Gasteiger partial charge in [0, 0.05) is 11.0 Å². The molecule has 5 nitrogen and oxygen atoms in total. The Labute approximate surface area is 144 Å². The van der Waals surface area contributed by atoms with E-state index in [-0.39, 0.29) is 5.69 Å². The van der Waals surface area contributed by atoms with Gasteiger partial charge in [0.05, 0.1) is 11.4 Å². The maximum atomic E-state index is 13.1. The summed E-state index contributed by atoms with van der Waals surface area (Å²) >= 11 is 0. The first-order chi connectivity index (χ1) is 11.8. The van der Waals surface area contributed by atoms with Crippen molar-refractivity contribution in [3.05, 3.63) is 71.8 Å². The molecule has 0 aliphatic rings. The van der Waals surface area contributed by atoms with Crippen LogP contribution in [0.3, 0.4) is 0 Å². The largest absolute Gasteiger partial charge is 0.282 e. The van der Waals surface area contributed by atoms with Gasteiger partial charge in [-0.05, 0) is 31.2 Å². The van der Waals surface area contributed by atoms with E-state index >= 15 is 0 Å².